The zero-order valence-electron chi connectivity index (χ0n) is 14.5. The summed E-state index contributed by atoms with van der Waals surface area (Å²) in [6, 6.07) is 3.21. The number of nitrogens with one attached hydrogen (secondary N) is 1. The number of imide groups is 1. The summed E-state index contributed by atoms with van der Waals surface area (Å²) in [6.07, 6.45) is 1.57. The largest absolute Gasteiger partial charge is 0.480 e. The minimum absolute atomic E-state index is 0.157. The fourth-order valence-electron chi connectivity index (χ4n) is 2.69. The van der Waals surface area contributed by atoms with E-state index in [0.717, 1.165) is 6.42 Å². The number of benzene rings is 1. The SMILES string of the molecule is CCCCN1C(=O)c2ccc(C(=O)N[C@H](C(=O)O)C(C)C)cc2C1=O. The molecule has 1 aromatic carbocycles. The third-order valence-electron chi connectivity index (χ3n) is 4.19. The first kappa shape index (κ1) is 18.6. The summed E-state index contributed by atoms with van der Waals surface area (Å²) in [6.45, 7) is 5.69. The van der Waals surface area contributed by atoms with Gasteiger partial charge in [0.15, 0.2) is 0 Å². The number of aliphatic carboxylic acids is 1. The third kappa shape index (κ3) is 3.70. The number of nitrogens with zero attached hydrogens (tertiary/aromatic N) is 1. The Morgan fingerprint density at radius 3 is 2.36 bits per heavy atom. The van der Waals surface area contributed by atoms with Gasteiger partial charge in [-0.2, -0.15) is 0 Å². The Morgan fingerprint density at radius 2 is 1.80 bits per heavy atom. The van der Waals surface area contributed by atoms with E-state index in [1.54, 1.807) is 13.8 Å². The van der Waals surface area contributed by atoms with Crippen LogP contribution in [0, 0.1) is 5.92 Å². The van der Waals surface area contributed by atoms with Crippen LogP contribution in [0.2, 0.25) is 0 Å². The molecule has 1 aromatic rings. The molecule has 7 nitrogen and oxygen atoms in total. The van der Waals surface area contributed by atoms with Crippen molar-refractivity contribution < 1.29 is 24.3 Å². The molecule has 1 heterocycles. The van der Waals surface area contributed by atoms with Crippen LogP contribution in [0.15, 0.2) is 18.2 Å². The highest BCUT2D eigenvalue weighted by Gasteiger charge is 2.35. The number of carboxylic acid groups (broad SMARTS) is 1. The molecule has 0 radical (unpaired) electrons. The summed E-state index contributed by atoms with van der Waals surface area (Å²) in [7, 11) is 0. The zero-order chi connectivity index (χ0) is 18.7. The normalized spacial score (nSPS) is 14.6. The van der Waals surface area contributed by atoms with E-state index in [2.05, 4.69) is 5.32 Å². The minimum atomic E-state index is -1.12. The Balaban J connectivity index is 2.24. The lowest BCUT2D eigenvalue weighted by Gasteiger charge is -2.18. The molecule has 7 heteroatoms. The number of carboxylic acids is 1. The first-order valence-corrected chi connectivity index (χ1v) is 8.31. The first-order valence-electron chi connectivity index (χ1n) is 8.31. The summed E-state index contributed by atoms with van der Waals surface area (Å²) in [4.78, 5) is 49.4. The van der Waals surface area contributed by atoms with Gasteiger partial charge in [-0.3, -0.25) is 19.3 Å². The molecule has 0 bridgehead atoms. The molecule has 0 unspecified atom stereocenters. The van der Waals surface area contributed by atoms with E-state index in [1.807, 2.05) is 6.92 Å². The number of carbonyl (C=O) groups excluding carboxylic acids is 3. The van der Waals surface area contributed by atoms with Gasteiger partial charge < -0.3 is 10.4 Å². The number of carbonyl (C=O) groups is 4. The molecule has 1 aliphatic rings. The maximum Gasteiger partial charge on any atom is 0.326 e. The number of amides is 3. The van der Waals surface area contributed by atoms with Crippen molar-refractivity contribution in [3.8, 4) is 0 Å². The quantitative estimate of drug-likeness (QED) is 0.734. The summed E-state index contributed by atoms with van der Waals surface area (Å²) in [5.41, 5.74) is 0.616. The average Bonchev–Trinajstić information content (AvgIpc) is 2.80. The van der Waals surface area contributed by atoms with Crippen LogP contribution in [-0.2, 0) is 4.79 Å². The fraction of sp³-hybridized carbons (Fsp3) is 0.444. The molecule has 134 valence electrons. The predicted molar refractivity (Wildman–Crippen MR) is 90.4 cm³/mol. The van der Waals surface area contributed by atoms with Crippen molar-refractivity contribution in [1.82, 2.24) is 10.2 Å². The Morgan fingerprint density at radius 1 is 1.16 bits per heavy atom. The van der Waals surface area contributed by atoms with Crippen molar-refractivity contribution in [3.05, 3.63) is 34.9 Å². The van der Waals surface area contributed by atoms with Crippen molar-refractivity contribution in [2.24, 2.45) is 5.92 Å². The van der Waals surface area contributed by atoms with Gasteiger partial charge in [-0.1, -0.05) is 27.2 Å². The van der Waals surface area contributed by atoms with Gasteiger partial charge in [0, 0.05) is 12.1 Å². The molecule has 0 saturated carbocycles. The van der Waals surface area contributed by atoms with Gasteiger partial charge >= 0.3 is 5.97 Å². The zero-order valence-corrected chi connectivity index (χ0v) is 14.5. The molecule has 0 saturated heterocycles. The number of hydrogen-bond acceptors (Lipinski definition) is 4. The molecule has 2 N–H and O–H groups in total. The Kier molecular flexibility index (Phi) is 5.56. The number of rotatable bonds is 7. The summed E-state index contributed by atoms with van der Waals surface area (Å²) in [5.74, 6) is -2.77. The molecule has 0 aromatic heterocycles. The maximum absolute atomic E-state index is 12.4. The van der Waals surface area contributed by atoms with E-state index in [9.17, 15) is 19.2 Å². The van der Waals surface area contributed by atoms with Crippen LogP contribution < -0.4 is 5.32 Å². The smallest absolute Gasteiger partial charge is 0.326 e. The van der Waals surface area contributed by atoms with Gasteiger partial charge in [0.2, 0.25) is 0 Å². The topological polar surface area (TPSA) is 104 Å². The lowest BCUT2D eigenvalue weighted by atomic mass is 10.0. The second kappa shape index (κ2) is 7.46. The lowest BCUT2D eigenvalue weighted by Crippen LogP contribution is -2.44. The highest BCUT2D eigenvalue weighted by Crippen LogP contribution is 2.24. The second-order valence-electron chi connectivity index (χ2n) is 6.41. The highest BCUT2D eigenvalue weighted by molar-refractivity contribution is 6.22. The average molecular weight is 346 g/mol. The van der Waals surface area contributed by atoms with Crippen molar-refractivity contribution in [2.45, 2.75) is 39.7 Å². The number of unbranched alkanes of at least 4 members (excludes halogenated alkanes) is 1. The lowest BCUT2D eigenvalue weighted by molar-refractivity contribution is -0.140. The molecule has 2 rings (SSSR count). The van der Waals surface area contributed by atoms with Gasteiger partial charge in [0.1, 0.15) is 6.04 Å². The highest BCUT2D eigenvalue weighted by atomic mass is 16.4. The van der Waals surface area contributed by atoms with Gasteiger partial charge in [0.05, 0.1) is 11.1 Å². The van der Waals surface area contributed by atoms with Gasteiger partial charge in [0.25, 0.3) is 17.7 Å². The molecule has 1 aliphatic heterocycles. The van der Waals surface area contributed by atoms with E-state index < -0.39 is 23.8 Å². The summed E-state index contributed by atoms with van der Waals surface area (Å²) in [5, 5.41) is 11.6. The standard InChI is InChI=1S/C18H22N2O5/c1-4-5-8-20-16(22)12-7-6-11(9-13(12)17(20)23)15(21)19-14(10(2)3)18(24)25/h6-7,9-10,14H,4-5,8H2,1-3H3,(H,19,21)(H,24,25)/t14-/m0/s1. The molecule has 0 aliphatic carbocycles. The van der Waals surface area contributed by atoms with Crippen LogP contribution in [-0.4, -0.2) is 46.3 Å². The minimum Gasteiger partial charge on any atom is -0.480 e. The molecular formula is C18H22N2O5. The van der Waals surface area contributed by atoms with Crippen molar-refractivity contribution in [3.63, 3.8) is 0 Å². The van der Waals surface area contributed by atoms with Gasteiger partial charge in [-0.15, -0.1) is 0 Å². The van der Waals surface area contributed by atoms with E-state index in [4.69, 9.17) is 5.11 Å². The molecule has 0 spiro atoms. The van der Waals surface area contributed by atoms with Gasteiger partial charge in [-0.25, -0.2) is 4.79 Å². The molecule has 0 fully saturated rings. The van der Waals surface area contributed by atoms with E-state index in [1.165, 1.54) is 23.1 Å². The van der Waals surface area contributed by atoms with Crippen LogP contribution in [0.3, 0.4) is 0 Å². The Hall–Kier alpha value is -2.70. The van der Waals surface area contributed by atoms with E-state index in [0.29, 0.717) is 13.0 Å². The van der Waals surface area contributed by atoms with Crippen molar-refractivity contribution in [2.75, 3.05) is 6.54 Å². The molecule has 25 heavy (non-hydrogen) atoms. The van der Waals surface area contributed by atoms with Crippen molar-refractivity contribution in [1.29, 1.82) is 0 Å². The van der Waals surface area contributed by atoms with E-state index in [-0.39, 0.29) is 28.5 Å². The summed E-state index contributed by atoms with van der Waals surface area (Å²) >= 11 is 0. The predicted octanol–water partition coefficient (Wildman–Crippen LogP) is 1.92. The Bertz CT molecular complexity index is 726. The maximum atomic E-state index is 12.4. The van der Waals surface area contributed by atoms with Crippen LogP contribution in [0.1, 0.15) is 64.7 Å². The molecule has 3 amide bonds. The molecular weight excluding hydrogens is 324 g/mol. The number of fused-ring (bicyclic) bond motifs is 1. The van der Waals surface area contributed by atoms with Gasteiger partial charge in [-0.05, 0) is 30.5 Å². The van der Waals surface area contributed by atoms with Crippen LogP contribution in [0.25, 0.3) is 0 Å². The van der Waals surface area contributed by atoms with Crippen molar-refractivity contribution >= 4 is 23.7 Å². The third-order valence-corrected chi connectivity index (χ3v) is 4.19. The molecule has 1 atom stereocenters. The summed E-state index contributed by atoms with van der Waals surface area (Å²) < 4.78 is 0. The van der Waals surface area contributed by atoms with Crippen LogP contribution >= 0.6 is 0 Å². The first-order chi connectivity index (χ1) is 11.8. The number of hydrogen-bond donors (Lipinski definition) is 2. The monoisotopic (exact) mass is 346 g/mol. The fourth-order valence-corrected chi connectivity index (χ4v) is 2.69. The van der Waals surface area contributed by atoms with Crippen LogP contribution in [0.5, 0.6) is 0 Å². The second-order valence-corrected chi connectivity index (χ2v) is 6.41. The van der Waals surface area contributed by atoms with Crippen LogP contribution in [0.4, 0.5) is 0 Å². The Labute approximate surface area is 146 Å². The van der Waals surface area contributed by atoms with E-state index >= 15 is 0 Å².